The third kappa shape index (κ3) is 10.5. The van der Waals surface area contributed by atoms with Crippen LogP contribution in [0.2, 0.25) is 0 Å². The first kappa shape index (κ1) is 63.4. The number of aliphatic hydroxyl groups excluding tert-OH is 4. The van der Waals surface area contributed by atoms with Gasteiger partial charge >= 0.3 is 5.97 Å². The predicted octanol–water partition coefficient (Wildman–Crippen LogP) is 10.4. The van der Waals surface area contributed by atoms with Crippen LogP contribution in [0.4, 0.5) is 0 Å². The summed E-state index contributed by atoms with van der Waals surface area (Å²) in [7, 11) is 5.56. The number of esters is 1. The van der Waals surface area contributed by atoms with Gasteiger partial charge in [-0.25, -0.2) is 0 Å². The van der Waals surface area contributed by atoms with Crippen LogP contribution in [0, 0.1) is 52.3 Å². The van der Waals surface area contributed by atoms with Gasteiger partial charge in [-0.05, 0) is 186 Å². The Morgan fingerprint density at radius 3 is 2.57 bits per heavy atom. The molecule has 4 aromatic rings. The van der Waals surface area contributed by atoms with E-state index in [1.54, 1.807) is 36.1 Å². The van der Waals surface area contributed by atoms with Crippen molar-refractivity contribution in [2.24, 2.45) is 52.3 Å². The largest absolute Gasteiger partial charge is 0.485 e. The fraction of sp³-hybridized carbons (Fsp3) is 0.658. The molecule has 4 spiro atoms. The number of furan rings is 1. The van der Waals surface area contributed by atoms with Crippen molar-refractivity contribution < 1.29 is 63.9 Å². The lowest BCUT2D eigenvalue weighted by Gasteiger charge is -2.67. The number of ether oxygens (including phenoxy) is 4. The van der Waals surface area contributed by atoms with E-state index in [1.807, 2.05) is 22.9 Å². The summed E-state index contributed by atoms with van der Waals surface area (Å²) in [5.74, 6) is -1.32. The first-order valence-electron chi connectivity index (χ1n) is 34.2. The second-order valence-corrected chi connectivity index (χ2v) is 32.3. The number of aliphatic hydroxyl groups is 7. The van der Waals surface area contributed by atoms with Gasteiger partial charge in [-0.3, -0.25) is 4.79 Å². The summed E-state index contributed by atoms with van der Waals surface area (Å²) in [6.07, 6.45) is 21.2. The second-order valence-electron chi connectivity index (χ2n) is 29.6. The van der Waals surface area contributed by atoms with E-state index < -0.39 is 82.1 Å². The molecule has 0 amide bonds. The molecule has 10 aliphatic rings. The highest BCUT2D eigenvalue weighted by molar-refractivity contribution is 8.77. The highest BCUT2D eigenvalue weighted by atomic mass is 33.1. The average Bonchev–Trinajstić information content (AvgIpc) is 0.907. The number of hydrogen-bond donors (Lipinski definition) is 9. The van der Waals surface area contributed by atoms with E-state index in [1.165, 1.54) is 29.2 Å². The minimum Gasteiger partial charge on any atom is -0.485 e. The van der Waals surface area contributed by atoms with Crippen LogP contribution in [0.1, 0.15) is 146 Å². The van der Waals surface area contributed by atoms with Crippen LogP contribution >= 0.6 is 21.6 Å². The molecular weight excluding hydrogens is 1180 g/mol. The lowest BCUT2D eigenvalue weighted by atomic mass is 9.50. The summed E-state index contributed by atoms with van der Waals surface area (Å²) in [6, 6.07) is 19.5. The number of nitrogens with one attached hydrogen (secondary N) is 2. The lowest BCUT2D eigenvalue weighted by Crippen LogP contribution is -2.86. The maximum Gasteiger partial charge on any atom is 0.306 e. The molecule has 4 heterocycles. The summed E-state index contributed by atoms with van der Waals surface area (Å²) in [5.41, 5.74) is -5.87. The van der Waals surface area contributed by atoms with Gasteiger partial charge in [-0.2, -0.15) is 0 Å². The van der Waals surface area contributed by atoms with Crippen LogP contribution in [0.15, 0.2) is 102 Å². The van der Waals surface area contributed by atoms with Crippen molar-refractivity contribution >= 4 is 49.3 Å². The Labute approximate surface area is 538 Å². The third-order valence-electron chi connectivity index (χ3n) is 25.1. The van der Waals surface area contributed by atoms with Crippen molar-refractivity contribution in [2.45, 2.75) is 206 Å². The maximum atomic E-state index is 14.0. The number of carbonyl (C=O) groups is 1. The van der Waals surface area contributed by atoms with Gasteiger partial charge in [-0.1, -0.05) is 120 Å². The smallest absolute Gasteiger partial charge is 0.306 e. The number of rotatable bonds is 10. The Bertz CT molecular complexity index is 3380. The fourth-order valence-electron chi connectivity index (χ4n) is 20.7. The molecule has 21 atom stereocenters. The SMILES string of the molecule is CCOC(=O)CCc1cc2ccoc2c2c1O[C@@H]1O[C@@]3(CSS[C@]4(CC[C@]5(C[C@@H]6CC[C@H](NC)[C@H]6C5)[C@H]4CC[C@]4(O)CC[C@@]5(C=CC=C[C@H]5c5ccc6ccccc6c5)C4)[C@@H](CC[C@H](C)CCC[C@@H]3O)NCCO2)[C@]2(O)C[C@@H]3C=C[C@H](O)[C@H](CO)[C@@H]3[C@@]1(O)[C@H]2O. The van der Waals surface area contributed by atoms with Crippen LogP contribution in [-0.2, 0) is 20.7 Å². The molecule has 7 fully saturated rings. The van der Waals surface area contributed by atoms with Crippen molar-refractivity contribution in [3.8, 4) is 11.5 Å². The molecule has 0 radical (unpaired) electrons. The van der Waals surface area contributed by atoms with E-state index in [4.69, 9.17) is 23.4 Å². The van der Waals surface area contributed by atoms with E-state index in [0.717, 1.165) is 57.8 Å². The summed E-state index contributed by atoms with van der Waals surface area (Å²) in [6.45, 7) is 4.29. The Hall–Kier alpha value is -3.95. The van der Waals surface area contributed by atoms with Crippen LogP contribution in [-0.4, -0.2) is 145 Å². The van der Waals surface area contributed by atoms with E-state index in [2.05, 4.69) is 91.4 Å². The van der Waals surface area contributed by atoms with Crippen molar-refractivity contribution in [2.75, 3.05) is 39.2 Å². The van der Waals surface area contributed by atoms with Crippen molar-refractivity contribution in [1.82, 2.24) is 10.6 Å². The van der Waals surface area contributed by atoms with Crippen molar-refractivity contribution in [3.05, 3.63) is 108 Å². The summed E-state index contributed by atoms with van der Waals surface area (Å²) < 4.78 is 33.0. The molecule has 5 bridgehead atoms. The molecule has 1 aromatic heterocycles. The molecule has 5 saturated carbocycles. The van der Waals surface area contributed by atoms with E-state index >= 15 is 0 Å². The van der Waals surface area contributed by atoms with Gasteiger partial charge in [-0.15, -0.1) is 0 Å². The Morgan fingerprint density at radius 1 is 0.878 bits per heavy atom. The minimum absolute atomic E-state index is 0.00886. The second kappa shape index (κ2) is 24.7. The number of fused-ring (bicyclic) bond motifs is 13. The molecule has 14 rings (SSSR count). The molecular formula is C73H96N2O13S2. The van der Waals surface area contributed by atoms with Crippen molar-refractivity contribution in [3.63, 3.8) is 0 Å². The molecule has 90 heavy (non-hydrogen) atoms. The molecule has 9 N–H and O–H groups in total. The highest BCUT2D eigenvalue weighted by Gasteiger charge is 2.78. The summed E-state index contributed by atoms with van der Waals surface area (Å²) >= 11 is 0. The van der Waals surface area contributed by atoms with Gasteiger partial charge in [0.05, 0.1) is 30.7 Å². The van der Waals surface area contributed by atoms with Gasteiger partial charge in [0, 0.05) is 70.7 Å². The zero-order chi connectivity index (χ0) is 62.4. The highest BCUT2D eigenvalue weighted by Crippen LogP contribution is 2.72. The van der Waals surface area contributed by atoms with Gasteiger partial charge in [0.1, 0.15) is 23.9 Å². The number of benzene rings is 3. The first-order valence-corrected chi connectivity index (χ1v) is 36.5. The molecule has 7 aliphatic carbocycles. The number of carbonyl (C=O) groups excluding carboxylic acids is 1. The monoisotopic (exact) mass is 1270 g/mol. The number of hydrogen-bond acceptors (Lipinski definition) is 17. The van der Waals surface area contributed by atoms with E-state index in [0.29, 0.717) is 66.6 Å². The standard InChI is InChI=1S/C73H96N2O13S2/c1-4-84-60(79)24-20-48-37-49-26-34-85-62(49)64-63(48)87-66-73(83)61-51(19-22-56(77)53(61)41-76)39-71(82,65(73)80)72(88-66)43-89-90-70(58(75-33-35-86-64)23-15-44(2)10-9-14-59(72)78)32-30-68(38-50-18-21-55(74-3)52(50)40-68)57(70)25-28-69(81)31-29-67(42-69)27-8-7-13-54(67)47-17-16-45-11-5-6-12-46(45)36-47/h5-8,11-13,16-17,19,22,26-27,34,36-37,44,50-59,61,65-66,74-78,80-83H,4,9-10,14-15,18,20-21,23-25,28-33,35,38-43H2,1-3H3/t44-,50+,51+,52+,53+,54+,55+,56+,57-,58-,59+,61-,65+,66-,67+,68-,69+,70+,71+,72-,73-/m1/s1. The molecule has 488 valence electrons. The first-order chi connectivity index (χ1) is 43.4. The quantitative estimate of drug-likeness (QED) is 0.0408. The molecule has 17 heteroatoms. The Morgan fingerprint density at radius 2 is 1.73 bits per heavy atom. The summed E-state index contributed by atoms with van der Waals surface area (Å²) in [5, 5.41) is 102. The lowest BCUT2D eigenvalue weighted by molar-refractivity contribution is -0.424. The van der Waals surface area contributed by atoms with E-state index in [-0.39, 0.29) is 90.8 Å². The minimum atomic E-state index is -2.52. The van der Waals surface area contributed by atoms with Crippen LogP contribution in [0.5, 0.6) is 11.5 Å². The van der Waals surface area contributed by atoms with Crippen molar-refractivity contribution in [1.29, 1.82) is 0 Å². The van der Waals surface area contributed by atoms with Gasteiger partial charge < -0.3 is 69.7 Å². The zero-order valence-corrected chi connectivity index (χ0v) is 54.3. The fourth-order valence-corrected chi connectivity index (χ4v) is 24.9. The summed E-state index contributed by atoms with van der Waals surface area (Å²) in [4.78, 5) is 13.2. The average molecular weight is 1270 g/mol. The van der Waals surface area contributed by atoms with Gasteiger partial charge in [0.25, 0.3) is 0 Å². The number of allylic oxidation sites excluding steroid dienone is 5. The number of aryl methyl sites for hydroxylation is 1. The Kier molecular flexibility index (Phi) is 17.4. The van der Waals surface area contributed by atoms with Crippen LogP contribution in [0.3, 0.4) is 0 Å². The normalized spacial score (nSPS) is 43.2. The zero-order valence-electron chi connectivity index (χ0n) is 52.7. The van der Waals surface area contributed by atoms with Crippen LogP contribution < -0.4 is 20.1 Å². The maximum absolute atomic E-state index is 14.0. The van der Waals surface area contributed by atoms with Gasteiger partial charge in [0.2, 0.25) is 12.0 Å². The Balaban J connectivity index is 0.896. The van der Waals surface area contributed by atoms with E-state index in [9.17, 15) is 40.5 Å². The topological polar surface area (TPSA) is 233 Å². The van der Waals surface area contributed by atoms with Gasteiger partial charge in [0.15, 0.2) is 16.9 Å². The van der Waals surface area contributed by atoms with Crippen LogP contribution in [0.25, 0.3) is 21.7 Å². The predicted molar refractivity (Wildman–Crippen MR) is 350 cm³/mol. The molecule has 3 aromatic carbocycles. The molecule has 0 unspecified atom stereocenters. The third-order valence-corrected chi connectivity index (χ3v) is 28.5. The molecule has 15 nitrogen and oxygen atoms in total. The molecule has 3 aliphatic heterocycles. The molecule has 2 saturated heterocycles.